The van der Waals surface area contributed by atoms with Crippen molar-refractivity contribution < 1.29 is 13.0 Å². The van der Waals surface area contributed by atoms with Crippen molar-refractivity contribution in [2.75, 3.05) is 0 Å². The molecule has 0 fully saturated rings. The first-order chi connectivity index (χ1) is 7.98. The van der Waals surface area contributed by atoms with Gasteiger partial charge in [0.1, 0.15) is 0 Å². The Bertz CT molecular complexity index is 629. The number of rotatable bonds is 3. The Morgan fingerprint density at radius 2 is 1.88 bits per heavy atom. The SMILES string of the molecule is Cn1cccc1Cc1ccccc1S(=O)(=O)O. The highest BCUT2D eigenvalue weighted by Crippen LogP contribution is 2.18. The molecule has 0 aliphatic rings. The minimum absolute atomic E-state index is 0.0267. The smallest absolute Gasteiger partial charge is 0.294 e. The standard InChI is InChI=1S/C12H13NO3S/c1-13-8-4-6-11(13)9-10-5-2-3-7-12(10)17(14,15)16/h2-8H,9H2,1H3,(H,14,15,16). The van der Waals surface area contributed by atoms with E-state index in [1.54, 1.807) is 18.2 Å². The minimum atomic E-state index is -4.16. The van der Waals surface area contributed by atoms with Gasteiger partial charge in [-0.1, -0.05) is 18.2 Å². The van der Waals surface area contributed by atoms with E-state index < -0.39 is 10.1 Å². The Morgan fingerprint density at radius 1 is 1.18 bits per heavy atom. The van der Waals surface area contributed by atoms with E-state index in [1.165, 1.54) is 6.07 Å². The van der Waals surface area contributed by atoms with E-state index >= 15 is 0 Å². The normalized spacial score (nSPS) is 11.6. The third-order valence-electron chi connectivity index (χ3n) is 2.67. The molecule has 0 radical (unpaired) electrons. The fraction of sp³-hybridized carbons (Fsp3) is 0.167. The molecule has 0 aliphatic heterocycles. The maximum Gasteiger partial charge on any atom is 0.294 e. The molecule has 5 heteroatoms. The summed E-state index contributed by atoms with van der Waals surface area (Å²) in [5.74, 6) is 0. The molecular weight excluding hydrogens is 238 g/mol. The topological polar surface area (TPSA) is 59.3 Å². The average molecular weight is 251 g/mol. The van der Waals surface area contributed by atoms with Crippen molar-refractivity contribution in [3.63, 3.8) is 0 Å². The molecule has 1 aromatic carbocycles. The molecule has 17 heavy (non-hydrogen) atoms. The Morgan fingerprint density at radius 3 is 2.47 bits per heavy atom. The summed E-state index contributed by atoms with van der Waals surface area (Å²) in [5.41, 5.74) is 1.58. The van der Waals surface area contributed by atoms with Crippen LogP contribution >= 0.6 is 0 Å². The van der Waals surface area contributed by atoms with Gasteiger partial charge in [0, 0.05) is 25.4 Å². The van der Waals surface area contributed by atoms with Gasteiger partial charge in [-0.25, -0.2) is 0 Å². The van der Waals surface area contributed by atoms with Crippen molar-refractivity contribution >= 4 is 10.1 Å². The van der Waals surface area contributed by atoms with Crippen LogP contribution in [0.15, 0.2) is 47.5 Å². The molecule has 0 bridgehead atoms. The van der Waals surface area contributed by atoms with E-state index in [1.807, 2.05) is 29.9 Å². The molecule has 1 N–H and O–H groups in total. The van der Waals surface area contributed by atoms with Crippen molar-refractivity contribution in [3.05, 3.63) is 53.9 Å². The Kier molecular flexibility index (Phi) is 3.04. The van der Waals surface area contributed by atoms with Gasteiger partial charge in [-0.15, -0.1) is 0 Å². The molecule has 0 unspecified atom stereocenters. The molecule has 0 spiro atoms. The first kappa shape index (κ1) is 11.9. The van der Waals surface area contributed by atoms with Crippen LogP contribution in [-0.4, -0.2) is 17.5 Å². The molecule has 0 aliphatic carbocycles. The van der Waals surface area contributed by atoms with Crippen LogP contribution < -0.4 is 0 Å². The van der Waals surface area contributed by atoms with Gasteiger partial charge in [0.15, 0.2) is 0 Å². The zero-order valence-electron chi connectivity index (χ0n) is 9.37. The lowest BCUT2D eigenvalue weighted by Gasteiger charge is -2.07. The highest BCUT2D eigenvalue weighted by molar-refractivity contribution is 7.85. The number of aromatic nitrogens is 1. The molecule has 4 nitrogen and oxygen atoms in total. The molecule has 0 saturated heterocycles. The van der Waals surface area contributed by atoms with Crippen molar-refractivity contribution in [3.8, 4) is 0 Å². The van der Waals surface area contributed by atoms with Gasteiger partial charge >= 0.3 is 0 Å². The lowest BCUT2D eigenvalue weighted by molar-refractivity contribution is 0.482. The zero-order valence-corrected chi connectivity index (χ0v) is 10.2. The molecular formula is C12H13NO3S. The van der Waals surface area contributed by atoms with E-state index in [-0.39, 0.29) is 4.90 Å². The van der Waals surface area contributed by atoms with E-state index in [2.05, 4.69) is 0 Å². The maximum atomic E-state index is 11.2. The second-order valence-corrected chi connectivity index (χ2v) is 5.26. The molecule has 2 rings (SSSR count). The summed E-state index contributed by atoms with van der Waals surface area (Å²) in [6, 6.07) is 10.3. The third kappa shape index (κ3) is 2.57. The fourth-order valence-corrected chi connectivity index (χ4v) is 2.50. The van der Waals surface area contributed by atoms with E-state index in [0.29, 0.717) is 12.0 Å². The number of nitrogens with zero attached hydrogens (tertiary/aromatic N) is 1. The van der Waals surface area contributed by atoms with Gasteiger partial charge in [0.25, 0.3) is 10.1 Å². The summed E-state index contributed by atoms with van der Waals surface area (Å²) in [6.07, 6.45) is 2.37. The predicted octanol–water partition coefficient (Wildman–Crippen LogP) is 1.86. The fourth-order valence-electron chi connectivity index (χ4n) is 1.78. The minimum Gasteiger partial charge on any atom is -0.354 e. The first-order valence-corrected chi connectivity index (χ1v) is 6.58. The van der Waals surface area contributed by atoms with Crippen molar-refractivity contribution in [2.24, 2.45) is 7.05 Å². The highest BCUT2D eigenvalue weighted by atomic mass is 32.2. The van der Waals surface area contributed by atoms with Gasteiger partial charge in [-0.05, 0) is 23.8 Å². The largest absolute Gasteiger partial charge is 0.354 e. The number of hydrogen-bond acceptors (Lipinski definition) is 2. The van der Waals surface area contributed by atoms with Crippen molar-refractivity contribution in [1.29, 1.82) is 0 Å². The summed E-state index contributed by atoms with van der Waals surface area (Å²) < 4.78 is 33.5. The monoisotopic (exact) mass is 251 g/mol. The van der Waals surface area contributed by atoms with E-state index in [9.17, 15) is 8.42 Å². The second kappa shape index (κ2) is 4.35. The number of aryl methyl sites for hydroxylation is 1. The summed E-state index contributed by atoms with van der Waals surface area (Å²) in [4.78, 5) is -0.0267. The van der Waals surface area contributed by atoms with Crippen LogP contribution in [0.2, 0.25) is 0 Å². The van der Waals surface area contributed by atoms with Crippen LogP contribution in [0.3, 0.4) is 0 Å². The lowest BCUT2D eigenvalue weighted by atomic mass is 10.1. The predicted molar refractivity (Wildman–Crippen MR) is 64.5 cm³/mol. The van der Waals surface area contributed by atoms with Gasteiger partial charge in [-0.2, -0.15) is 8.42 Å². The van der Waals surface area contributed by atoms with Crippen LogP contribution in [0.1, 0.15) is 11.3 Å². The van der Waals surface area contributed by atoms with Gasteiger partial charge < -0.3 is 4.57 Å². The Balaban J connectivity index is 2.44. The lowest BCUT2D eigenvalue weighted by Crippen LogP contribution is -2.05. The molecule has 0 amide bonds. The number of hydrogen-bond donors (Lipinski definition) is 1. The highest BCUT2D eigenvalue weighted by Gasteiger charge is 2.15. The number of benzene rings is 1. The molecule has 2 aromatic rings. The van der Waals surface area contributed by atoms with Crippen LogP contribution in [0.25, 0.3) is 0 Å². The molecule has 0 saturated carbocycles. The Labute approximate surface area is 100 Å². The van der Waals surface area contributed by atoms with E-state index in [0.717, 1.165) is 5.69 Å². The van der Waals surface area contributed by atoms with Crippen LogP contribution in [0, 0.1) is 0 Å². The quantitative estimate of drug-likeness (QED) is 0.847. The maximum absolute atomic E-state index is 11.2. The van der Waals surface area contributed by atoms with Crippen molar-refractivity contribution in [1.82, 2.24) is 4.57 Å². The summed E-state index contributed by atoms with van der Waals surface area (Å²) >= 11 is 0. The van der Waals surface area contributed by atoms with Gasteiger partial charge in [0.05, 0.1) is 4.90 Å². The van der Waals surface area contributed by atoms with Crippen LogP contribution in [0.4, 0.5) is 0 Å². The molecule has 0 atom stereocenters. The van der Waals surface area contributed by atoms with Crippen LogP contribution in [0.5, 0.6) is 0 Å². The van der Waals surface area contributed by atoms with Gasteiger partial charge in [-0.3, -0.25) is 4.55 Å². The van der Waals surface area contributed by atoms with Crippen LogP contribution in [-0.2, 0) is 23.6 Å². The van der Waals surface area contributed by atoms with Crippen molar-refractivity contribution in [2.45, 2.75) is 11.3 Å². The zero-order chi connectivity index (χ0) is 12.5. The summed E-state index contributed by atoms with van der Waals surface area (Å²) in [7, 11) is -2.26. The van der Waals surface area contributed by atoms with E-state index in [4.69, 9.17) is 4.55 Å². The average Bonchev–Trinajstić information content (AvgIpc) is 2.64. The summed E-state index contributed by atoms with van der Waals surface area (Å²) in [6.45, 7) is 0. The first-order valence-electron chi connectivity index (χ1n) is 5.14. The molecule has 90 valence electrons. The Hall–Kier alpha value is -1.59. The molecule has 1 heterocycles. The second-order valence-electron chi connectivity index (χ2n) is 3.87. The third-order valence-corrected chi connectivity index (χ3v) is 3.63. The van der Waals surface area contributed by atoms with Gasteiger partial charge in [0.2, 0.25) is 0 Å². The summed E-state index contributed by atoms with van der Waals surface area (Å²) in [5, 5.41) is 0. The molecule has 1 aromatic heterocycles.